The van der Waals surface area contributed by atoms with Crippen molar-refractivity contribution < 1.29 is 22.0 Å². The van der Waals surface area contributed by atoms with Gasteiger partial charge in [-0.15, -0.1) is 0 Å². The average Bonchev–Trinajstić information content (AvgIpc) is 2.66. The predicted octanol–water partition coefficient (Wildman–Crippen LogP) is 1.96. The summed E-state index contributed by atoms with van der Waals surface area (Å²) in [6.45, 7) is 2.17. The highest BCUT2D eigenvalue weighted by Crippen LogP contribution is 2.17. The lowest BCUT2D eigenvalue weighted by atomic mass is 10.0. The number of hydrogen-bond donors (Lipinski definition) is 2. The van der Waals surface area contributed by atoms with Gasteiger partial charge >= 0.3 is 0 Å². The molecule has 1 aliphatic rings. The van der Waals surface area contributed by atoms with Crippen molar-refractivity contribution in [3.63, 3.8) is 0 Å². The van der Waals surface area contributed by atoms with Crippen molar-refractivity contribution >= 4 is 21.5 Å². The molecule has 6 nitrogen and oxygen atoms in total. The second-order valence-electron chi connectivity index (χ2n) is 7.55. The van der Waals surface area contributed by atoms with E-state index in [4.69, 9.17) is 0 Å². The number of nitrogens with one attached hydrogen (secondary N) is 2. The minimum Gasteiger partial charge on any atom is -0.314 e. The number of hydrogen-bond acceptors (Lipinski definition) is 5. The van der Waals surface area contributed by atoms with Gasteiger partial charge in [-0.3, -0.25) is 14.4 Å². The summed E-state index contributed by atoms with van der Waals surface area (Å²) in [5, 5.41) is 3.24. The van der Waals surface area contributed by atoms with Gasteiger partial charge in [0.15, 0.2) is 5.78 Å². The van der Waals surface area contributed by atoms with Gasteiger partial charge in [0.2, 0.25) is 10.0 Å². The van der Waals surface area contributed by atoms with Crippen molar-refractivity contribution in [2.24, 2.45) is 0 Å². The number of carbonyl (C=O) groups is 1. The smallest absolute Gasteiger partial charge is 0.229 e. The minimum absolute atomic E-state index is 0.00503. The molecule has 0 saturated carbocycles. The molecular weight excluding hydrogens is 412 g/mol. The van der Waals surface area contributed by atoms with Crippen molar-refractivity contribution in [2.75, 3.05) is 37.2 Å². The summed E-state index contributed by atoms with van der Waals surface area (Å²) in [6.07, 6.45) is 1.60. The first kappa shape index (κ1) is 22.3. The number of ketones is 1. The van der Waals surface area contributed by atoms with Crippen LogP contribution < -0.4 is 10.0 Å². The van der Waals surface area contributed by atoms with Gasteiger partial charge in [0.05, 0.1) is 12.8 Å². The van der Waals surface area contributed by atoms with Crippen LogP contribution in [0.1, 0.15) is 11.1 Å². The van der Waals surface area contributed by atoms with Gasteiger partial charge in [0.25, 0.3) is 0 Å². The molecule has 2 aromatic carbocycles. The van der Waals surface area contributed by atoms with Crippen LogP contribution in [0.25, 0.3) is 0 Å². The number of benzene rings is 2. The standard InChI is InChI=1S/C21H25F2N3O3S/c1-30(28,29)25-18-5-2-15(3-6-18)10-20(27)14-26-9-8-24-13-19(26)12-16-11-17(22)4-7-21(16)23/h2-7,11,19,24-25H,8-10,12-14H2,1H3. The summed E-state index contributed by atoms with van der Waals surface area (Å²) in [6, 6.07) is 9.96. The van der Waals surface area contributed by atoms with Crippen LogP contribution in [0, 0.1) is 11.6 Å². The molecule has 0 aliphatic carbocycles. The third kappa shape index (κ3) is 6.58. The summed E-state index contributed by atoms with van der Waals surface area (Å²) in [4.78, 5) is 14.6. The number of carbonyl (C=O) groups excluding carboxylic acids is 1. The largest absolute Gasteiger partial charge is 0.314 e. The average molecular weight is 438 g/mol. The number of Topliss-reactive ketones (excluding diaryl/α,β-unsaturated/α-hetero) is 1. The molecule has 0 bridgehead atoms. The molecule has 0 radical (unpaired) electrons. The summed E-state index contributed by atoms with van der Waals surface area (Å²) in [5.41, 5.74) is 1.52. The van der Waals surface area contributed by atoms with Crippen LogP contribution in [0.5, 0.6) is 0 Å². The van der Waals surface area contributed by atoms with E-state index >= 15 is 0 Å². The molecule has 1 atom stereocenters. The number of sulfonamides is 1. The van der Waals surface area contributed by atoms with Crippen LogP contribution in [0.2, 0.25) is 0 Å². The zero-order valence-electron chi connectivity index (χ0n) is 16.7. The van der Waals surface area contributed by atoms with E-state index in [0.29, 0.717) is 30.8 Å². The van der Waals surface area contributed by atoms with Crippen LogP contribution in [0.4, 0.5) is 14.5 Å². The Kier molecular flexibility index (Phi) is 7.17. The van der Waals surface area contributed by atoms with Gasteiger partial charge < -0.3 is 5.32 Å². The Bertz CT molecular complexity index is 997. The lowest BCUT2D eigenvalue weighted by molar-refractivity contribution is -0.120. The van der Waals surface area contributed by atoms with E-state index in [-0.39, 0.29) is 24.8 Å². The van der Waals surface area contributed by atoms with Crippen LogP contribution in [0.3, 0.4) is 0 Å². The maximum absolute atomic E-state index is 14.0. The third-order valence-corrected chi connectivity index (χ3v) is 5.58. The molecule has 2 N–H and O–H groups in total. The fraction of sp³-hybridized carbons (Fsp3) is 0.381. The van der Waals surface area contributed by atoms with E-state index < -0.39 is 21.7 Å². The molecule has 0 spiro atoms. The molecule has 162 valence electrons. The Balaban J connectivity index is 1.60. The number of nitrogens with zero attached hydrogens (tertiary/aromatic N) is 1. The molecule has 0 amide bonds. The van der Waals surface area contributed by atoms with Gasteiger partial charge in [-0.25, -0.2) is 17.2 Å². The quantitative estimate of drug-likeness (QED) is 0.660. The molecule has 9 heteroatoms. The SMILES string of the molecule is CS(=O)(=O)Nc1ccc(CC(=O)CN2CCNCC2Cc2cc(F)ccc2F)cc1. The van der Waals surface area contributed by atoms with Crippen LogP contribution in [0.15, 0.2) is 42.5 Å². The minimum atomic E-state index is -3.35. The Hall–Kier alpha value is -2.36. The van der Waals surface area contributed by atoms with E-state index in [2.05, 4.69) is 10.0 Å². The molecule has 1 fully saturated rings. The molecule has 1 heterocycles. The fourth-order valence-corrected chi connectivity index (χ4v) is 4.15. The highest BCUT2D eigenvalue weighted by Gasteiger charge is 2.25. The molecule has 1 aliphatic heterocycles. The normalized spacial score (nSPS) is 17.6. The zero-order valence-corrected chi connectivity index (χ0v) is 17.5. The molecule has 30 heavy (non-hydrogen) atoms. The van der Waals surface area contributed by atoms with E-state index in [1.807, 2.05) is 4.90 Å². The first-order valence-electron chi connectivity index (χ1n) is 9.67. The monoisotopic (exact) mass is 437 g/mol. The summed E-state index contributed by atoms with van der Waals surface area (Å²) < 4.78 is 52.4. The Morgan fingerprint density at radius 3 is 2.63 bits per heavy atom. The van der Waals surface area contributed by atoms with E-state index in [0.717, 1.165) is 30.5 Å². The van der Waals surface area contributed by atoms with Crippen molar-refractivity contribution in [2.45, 2.75) is 18.9 Å². The maximum Gasteiger partial charge on any atom is 0.229 e. The lowest BCUT2D eigenvalue weighted by Gasteiger charge is -2.36. The third-order valence-electron chi connectivity index (χ3n) is 4.97. The van der Waals surface area contributed by atoms with E-state index in [1.165, 1.54) is 6.07 Å². The summed E-state index contributed by atoms with van der Waals surface area (Å²) in [5.74, 6) is -0.923. The van der Waals surface area contributed by atoms with Gasteiger partial charge in [0.1, 0.15) is 11.6 Å². The number of rotatable bonds is 8. The second kappa shape index (κ2) is 9.63. The van der Waals surface area contributed by atoms with Gasteiger partial charge in [0, 0.05) is 37.8 Å². The molecular formula is C21H25F2N3O3S. The Morgan fingerprint density at radius 2 is 1.93 bits per heavy atom. The number of anilines is 1. The van der Waals surface area contributed by atoms with Crippen LogP contribution in [-0.4, -0.2) is 57.6 Å². The molecule has 0 aromatic heterocycles. The number of piperazine rings is 1. The van der Waals surface area contributed by atoms with Crippen LogP contribution in [-0.2, 0) is 27.7 Å². The Labute approximate surface area is 175 Å². The highest BCUT2D eigenvalue weighted by atomic mass is 32.2. The van der Waals surface area contributed by atoms with Crippen LogP contribution >= 0.6 is 0 Å². The Morgan fingerprint density at radius 1 is 1.20 bits per heavy atom. The van der Waals surface area contributed by atoms with Crippen molar-refractivity contribution in [3.05, 3.63) is 65.2 Å². The first-order chi connectivity index (χ1) is 14.2. The summed E-state index contributed by atoms with van der Waals surface area (Å²) in [7, 11) is -3.35. The first-order valence-corrected chi connectivity index (χ1v) is 11.6. The fourth-order valence-electron chi connectivity index (χ4n) is 3.58. The van der Waals surface area contributed by atoms with Gasteiger partial charge in [-0.1, -0.05) is 12.1 Å². The molecule has 1 unspecified atom stereocenters. The van der Waals surface area contributed by atoms with E-state index in [1.54, 1.807) is 24.3 Å². The van der Waals surface area contributed by atoms with Crippen molar-refractivity contribution in [1.29, 1.82) is 0 Å². The molecule has 3 rings (SSSR count). The maximum atomic E-state index is 14.0. The molecule has 1 saturated heterocycles. The van der Waals surface area contributed by atoms with E-state index in [9.17, 15) is 22.0 Å². The van der Waals surface area contributed by atoms with Crippen molar-refractivity contribution in [3.8, 4) is 0 Å². The van der Waals surface area contributed by atoms with Gasteiger partial charge in [-0.2, -0.15) is 0 Å². The summed E-state index contributed by atoms with van der Waals surface area (Å²) >= 11 is 0. The topological polar surface area (TPSA) is 78.5 Å². The lowest BCUT2D eigenvalue weighted by Crippen LogP contribution is -2.53. The second-order valence-corrected chi connectivity index (χ2v) is 9.30. The van der Waals surface area contributed by atoms with Gasteiger partial charge in [-0.05, 0) is 47.9 Å². The van der Waals surface area contributed by atoms with Crippen molar-refractivity contribution in [1.82, 2.24) is 10.2 Å². The number of halogens is 2. The zero-order chi connectivity index (χ0) is 21.7. The predicted molar refractivity (Wildman–Crippen MR) is 112 cm³/mol. The highest BCUT2D eigenvalue weighted by molar-refractivity contribution is 7.92. The molecule has 2 aromatic rings.